The van der Waals surface area contributed by atoms with Crippen LogP contribution in [0, 0.1) is 0 Å². The zero-order valence-corrected chi connectivity index (χ0v) is 21.2. The van der Waals surface area contributed by atoms with Crippen LogP contribution in [0.15, 0.2) is 24.3 Å². The molecule has 0 bridgehead atoms. The average Bonchev–Trinajstić information content (AvgIpc) is 3.04. The lowest BCUT2D eigenvalue weighted by Crippen LogP contribution is -2.47. The Bertz CT molecular complexity index is 979. The van der Waals surface area contributed by atoms with Crippen LogP contribution < -0.4 is 5.32 Å². The summed E-state index contributed by atoms with van der Waals surface area (Å²) in [5.74, 6) is -0.274. The first kappa shape index (κ1) is 26.8. The summed E-state index contributed by atoms with van der Waals surface area (Å²) < 4.78 is 4.61. The van der Waals surface area contributed by atoms with E-state index in [9.17, 15) is 19.2 Å². The number of amides is 4. The van der Waals surface area contributed by atoms with Gasteiger partial charge in [0.05, 0.1) is 17.2 Å². The third kappa shape index (κ3) is 7.86. The summed E-state index contributed by atoms with van der Waals surface area (Å²) in [6.45, 7) is 2.52. The van der Waals surface area contributed by atoms with E-state index < -0.39 is 6.09 Å². The number of piperidine rings is 1. The van der Waals surface area contributed by atoms with Crippen LogP contribution >= 0.6 is 23.2 Å². The molecule has 0 aromatic heterocycles. The molecule has 1 aromatic rings. The number of carbonyl (C=O) groups is 4. The van der Waals surface area contributed by atoms with Crippen molar-refractivity contribution in [3.8, 4) is 0 Å². The van der Waals surface area contributed by atoms with Gasteiger partial charge in [-0.3, -0.25) is 14.4 Å². The van der Waals surface area contributed by atoms with Gasteiger partial charge in [0.2, 0.25) is 17.7 Å². The Kier molecular flexibility index (Phi) is 9.80. The van der Waals surface area contributed by atoms with Crippen molar-refractivity contribution in [2.24, 2.45) is 0 Å². The van der Waals surface area contributed by atoms with Gasteiger partial charge in [-0.05, 0) is 36.6 Å². The molecule has 11 heteroatoms. The van der Waals surface area contributed by atoms with Crippen molar-refractivity contribution in [3.05, 3.63) is 39.9 Å². The van der Waals surface area contributed by atoms with E-state index in [0.29, 0.717) is 62.2 Å². The molecule has 35 heavy (non-hydrogen) atoms. The predicted molar refractivity (Wildman–Crippen MR) is 133 cm³/mol. The molecule has 0 unspecified atom stereocenters. The van der Waals surface area contributed by atoms with E-state index in [0.717, 1.165) is 5.56 Å². The molecular weight excluding hydrogens is 495 g/mol. The molecule has 0 saturated carbocycles. The second kappa shape index (κ2) is 12.8. The van der Waals surface area contributed by atoms with E-state index in [1.54, 1.807) is 39.0 Å². The smallest absolute Gasteiger partial charge is 0.407 e. The van der Waals surface area contributed by atoms with Gasteiger partial charge in [0.25, 0.3) is 0 Å². The van der Waals surface area contributed by atoms with Gasteiger partial charge in [-0.25, -0.2) is 4.79 Å². The lowest BCUT2D eigenvalue weighted by Gasteiger charge is -2.32. The molecule has 0 aliphatic carbocycles. The van der Waals surface area contributed by atoms with Crippen LogP contribution in [0.2, 0.25) is 10.0 Å². The van der Waals surface area contributed by atoms with Crippen molar-refractivity contribution < 1.29 is 23.9 Å². The number of nitrogens with zero attached hydrogens (tertiary/aromatic N) is 3. The van der Waals surface area contributed by atoms with E-state index in [-0.39, 0.29) is 36.6 Å². The SMILES string of the molecule is COC(=O)NC1CCN(C(=O)CCN2CCN(C(=O)C=Cc3ccc(Cl)c(Cl)c3)CCC2=O)CC1. The molecule has 3 rings (SSSR count). The van der Waals surface area contributed by atoms with E-state index in [1.165, 1.54) is 13.2 Å². The average molecular weight is 525 g/mol. The van der Waals surface area contributed by atoms with Gasteiger partial charge in [-0.15, -0.1) is 0 Å². The summed E-state index contributed by atoms with van der Waals surface area (Å²) >= 11 is 11.9. The largest absolute Gasteiger partial charge is 0.453 e. The molecular formula is C24H30Cl2N4O5. The fourth-order valence-corrected chi connectivity index (χ4v) is 4.41. The molecule has 1 N–H and O–H groups in total. The van der Waals surface area contributed by atoms with Crippen molar-refractivity contribution in [2.45, 2.75) is 31.7 Å². The summed E-state index contributed by atoms with van der Waals surface area (Å²) in [7, 11) is 1.32. The molecule has 2 saturated heterocycles. The quantitative estimate of drug-likeness (QED) is 0.576. The Hall–Kier alpha value is -2.78. The zero-order valence-electron chi connectivity index (χ0n) is 19.7. The molecule has 0 spiro atoms. The summed E-state index contributed by atoms with van der Waals surface area (Å²) in [5.41, 5.74) is 0.754. The van der Waals surface area contributed by atoms with Crippen LogP contribution in [0.25, 0.3) is 6.08 Å². The van der Waals surface area contributed by atoms with Crippen molar-refractivity contribution in [1.82, 2.24) is 20.0 Å². The van der Waals surface area contributed by atoms with Crippen LogP contribution in [0.4, 0.5) is 4.79 Å². The maximum atomic E-state index is 12.6. The minimum Gasteiger partial charge on any atom is -0.453 e. The predicted octanol–water partition coefficient (Wildman–Crippen LogP) is 2.80. The first-order chi connectivity index (χ1) is 16.8. The number of hydrogen-bond acceptors (Lipinski definition) is 5. The van der Waals surface area contributed by atoms with Gasteiger partial charge < -0.3 is 24.8 Å². The Balaban J connectivity index is 1.44. The minimum absolute atomic E-state index is 0.00654. The highest BCUT2D eigenvalue weighted by Crippen LogP contribution is 2.23. The Morgan fingerprint density at radius 3 is 2.49 bits per heavy atom. The van der Waals surface area contributed by atoms with E-state index >= 15 is 0 Å². The minimum atomic E-state index is -0.466. The van der Waals surface area contributed by atoms with E-state index in [4.69, 9.17) is 23.2 Å². The Morgan fingerprint density at radius 1 is 1.06 bits per heavy atom. The van der Waals surface area contributed by atoms with Crippen LogP contribution in [0.5, 0.6) is 0 Å². The number of alkyl carbamates (subject to hydrolysis) is 1. The lowest BCUT2D eigenvalue weighted by molar-refractivity contribution is -0.134. The lowest BCUT2D eigenvalue weighted by atomic mass is 10.0. The van der Waals surface area contributed by atoms with Gasteiger partial charge in [0, 0.05) is 64.2 Å². The number of nitrogens with one attached hydrogen (secondary N) is 1. The first-order valence-electron chi connectivity index (χ1n) is 11.6. The molecule has 2 heterocycles. The molecule has 1 aromatic carbocycles. The molecule has 2 aliphatic heterocycles. The maximum Gasteiger partial charge on any atom is 0.407 e. The molecule has 2 fully saturated rings. The van der Waals surface area contributed by atoms with Crippen molar-refractivity contribution in [1.29, 1.82) is 0 Å². The number of methoxy groups -OCH3 is 1. The zero-order chi connectivity index (χ0) is 25.4. The highest BCUT2D eigenvalue weighted by Gasteiger charge is 2.26. The van der Waals surface area contributed by atoms with Gasteiger partial charge in [-0.2, -0.15) is 0 Å². The highest BCUT2D eigenvalue weighted by atomic mass is 35.5. The molecule has 2 aliphatic rings. The van der Waals surface area contributed by atoms with Crippen LogP contribution in [-0.2, 0) is 19.1 Å². The van der Waals surface area contributed by atoms with Crippen molar-refractivity contribution in [3.63, 3.8) is 0 Å². The normalized spacial score (nSPS) is 17.5. The molecule has 0 radical (unpaired) electrons. The second-order valence-corrected chi connectivity index (χ2v) is 9.32. The number of ether oxygens (including phenoxy) is 1. The van der Waals surface area contributed by atoms with Gasteiger partial charge in [0.15, 0.2) is 0 Å². The van der Waals surface area contributed by atoms with E-state index in [1.807, 2.05) is 0 Å². The van der Waals surface area contributed by atoms with Gasteiger partial charge in [0.1, 0.15) is 0 Å². The fourth-order valence-electron chi connectivity index (χ4n) is 4.10. The third-order valence-corrected chi connectivity index (χ3v) is 6.95. The second-order valence-electron chi connectivity index (χ2n) is 8.50. The first-order valence-corrected chi connectivity index (χ1v) is 12.3. The summed E-state index contributed by atoms with van der Waals surface area (Å²) in [5, 5.41) is 3.62. The van der Waals surface area contributed by atoms with Gasteiger partial charge >= 0.3 is 6.09 Å². The maximum absolute atomic E-state index is 12.6. The number of likely N-dealkylation sites (tertiary alicyclic amines) is 1. The van der Waals surface area contributed by atoms with Crippen LogP contribution in [-0.4, -0.2) is 90.9 Å². The number of carbonyl (C=O) groups excluding carboxylic acids is 4. The Labute approximate surface area is 214 Å². The van der Waals surface area contributed by atoms with Gasteiger partial charge in [-0.1, -0.05) is 29.3 Å². The summed E-state index contributed by atoms with van der Waals surface area (Å²) in [6.07, 6.45) is 4.43. The monoisotopic (exact) mass is 524 g/mol. The summed E-state index contributed by atoms with van der Waals surface area (Å²) in [6, 6.07) is 5.10. The van der Waals surface area contributed by atoms with Crippen LogP contribution in [0.3, 0.4) is 0 Å². The third-order valence-electron chi connectivity index (χ3n) is 6.21. The van der Waals surface area contributed by atoms with E-state index in [2.05, 4.69) is 10.1 Å². The molecule has 0 atom stereocenters. The number of benzene rings is 1. The van der Waals surface area contributed by atoms with Crippen molar-refractivity contribution in [2.75, 3.05) is 46.4 Å². The Morgan fingerprint density at radius 2 is 1.80 bits per heavy atom. The number of rotatable bonds is 6. The van der Waals surface area contributed by atoms with Crippen molar-refractivity contribution >= 4 is 53.1 Å². The molecule has 190 valence electrons. The topological polar surface area (TPSA) is 99.3 Å². The summed E-state index contributed by atoms with van der Waals surface area (Å²) in [4.78, 5) is 54.2. The highest BCUT2D eigenvalue weighted by molar-refractivity contribution is 6.42. The van der Waals surface area contributed by atoms with Crippen LogP contribution in [0.1, 0.15) is 31.2 Å². The molecule has 4 amide bonds. The number of halogens is 2. The fraction of sp³-hybridized carbons (Fsp3) is 0.500. The standard InChI is InChI=1S/C24H30Cl2N4O5/c1-35-24(34)27-18-6-10-28(11-7-18)22(32)8-13-30-15-14-29(12-9-23(30)33)21(31)5-3-17-2-4-19(25)20(26)16-17/h2-5,16,18H,6-15H2,1H3,(H,27,34). The number of hydrogen-bond donors (Lipinski definition) is 1. The molecule has 9 nitrogen and oxygen atoms in total.